The van der Waals surface area contributed by atoms with E-state index >= 15 is 0 Å². The van der Waals surface area contributed by atoms with Crippen molar-refractivity contribution in [3.63, 3.8) is 0 Å². The van der Waals surface area contributed by atoms with E-state index in [2.05, 4.69) is 0 Å². The third-order valence-electron chi connectivity index (χ3n) is 2.09. The number of ketones is 1. The van der Waals surface area contributed by atoms with E-state index in [0.717, 1.165) is 17.5 Å². The van der Waals surface area contributed by atoms with Gasteiger partial charge in [-0.1, -0.05) is 13.0 Å². The molecule has 1 N–H and O–H groups in total. The van der Waals surface area contributed by atoms with Crippen molar-refractivity contribution < 1.29 is 9.90 Å². The number of benzene rings is 1. The first-order chi connectivity index (χ1) is 6.06. The van der Waals surface area contributed by atoms with Crippen molar-refractivity contribution in [1.82, 2.24) is 0 Å². The highest BCUT2D eigenvalue weighted by atomic mass is 16.3. The number of Topliss-reactive ketones (excluding diaryl/α,β-unsaturated/α-hetero) is 1. The highest BCUT2D eigenvalue weighted by Crippen LogP contribution is 2.25. The van der Waals surface area contributed by atoms with E-state index in [1.165, 1.54) is 6.92 Å². The summed E-state index contributed by atoms with van der Waals surface area (Å²) in [6.07, 6.45) is 0.744. The van der Waals surface area contributed by atoms with Crippen LogP contribution in [0.2, 0.25) is 0 Å². The van der Waals surface area contributed by atoms with Crippen molar-refractivity contribution in [3.05, 3.63) is 28.8 Å². The molecule has 0 atom stereocenters. The molecule has 0 fully saturated rings. The second kappa shape index (κ2) is 3.60. The van der Waals surface area contributed by atoms with Crippen molar-refractivity contribution in [2.45, 2.75) is 27.2 Å². The second-order valence-electron chi connectivity index (χ2n) is 3.23. The SMILES string of the molecule is CCc1cc(C)cc(C(C)=O)c1O. The van der Waals surface area contributed by atoms with E-state index in [1.54, 1.807) is 6.07 Å². The summed E-state index contributed by atoms with van der Waals surface area (Å²) in [4.78, 5) is 11.1. The monoisotopic (exact) mass is 178 g/mol. The van der Waals surface area contributed by atoms with Crippen LogP contribution < -0.4 is 0 Å². The molecule has 1 aromatic rings. The Labute approximate surface area is 78.2 Å². The molecule has 13 heavy (non-hydrogen) atoms. The Balaban J connectivity index is 3.35. The van der Waals surface area contributed by atoms with Gasteiger partial charge in [-0.25, -0.2) is 0 Å². The van der Waals surface area contributed by atoms with Gasteiger partial charge in [0, 0.05) is 0 Å². The number of rotatable bonds is 2. The lowest BCUT2D eigenvalue weighted by atomic mass is 10.0. The first-order valence-corrected chi connectivity index (χ1v) is 4.39. The van der Waals surface area contributed by atoms with Gasteiger partial charge >= 0.3 is 0 Å². The number of carbonyl (C=O) groups is 1. The van der Waals surface area contributed by atoms with Crippen molar-refractivity contribution in [2.75, 3.05) is 0 Å². The smallest absolute Gasteiger partial charge is 0.163 e. The molecule has 1 rings (SSSR count). The largest absolute Gasteiger partial charge is 0.507 e. The molecular formula is C11H14O2. The van der Waals surface area contributed by atoms with Crippen LogP contribution in [0.25, 0.3) is 0 Å². The highest BCUT2D eigenvalue weighted by molar-refractivity contribution is 5.97. The van der Waals surface area contributed by atoms with Crippen molar-refractivity contribution >= 4 is 5.78 Å². The molecule has 0 bridgehead atoms. The summed E-state index contributed by atoms with van der Waals surface area (Å²) in [6, 6.07) is 3.62. The van der Waals surface area contributed by atoms with E-state index in [1.807, 2.05) is 19.9 Å². The van der Waals surface area contributed by atoms with E-state index in [4.69, 9.17) is 0 Å². The van der Waals surface area contributed by atoms with Crippen LogP contribution in [0.3, 0.4) is 0 Å². The van der Waals surface area contributed by atoms with Crippen LogP contribution >= 0.6 is 0 Å². The quantitative estimate of drug-likeness (QED) is 0.706. The van der Waals surface area contributed by atoms with Crippen LogP contribution in [0.15, 0.2) is 12.1 Å². The minimum Gasteiger partial charge on any atom is -0.507 e. The number of phenolic OH excluding ortho intramolecular Hbond substituents is 1. The third kappa shape index (κ3) is 1.89. The summed E-state index contributed by atoms with van der Waals surface area (Å²) >= 11 is 0. The molecule has 2 nitrogen and oxygen atoms in total. The Morgan fingerprint density at radius 2 is 2.08 bits per heavy atom. The van der Waals surface area contributed by atoms with E-state index in [0.29, 0.717) is 5.56 Å². The van der Waals surface area contributed by atoms with Crippen molar-refractivity contribution in [2.24, 2.45) is 0 Å². The molecule has 0 amide bonds. The Bertz CT molecular complexity index is 340. The Kier molecular flexibility index (Phi) is 2.71. The lowest BCUT2D eigenvalue weighted by molar-refractivity contribution is 0.101. The van der Waals surface area contributed by atoms with Gasteiger partial charge in [0.1, 0.15) is 5.75 Å². The van der Waals surface area contributed by atoms with Gasteiger partial charge in [-0.05, 0) is 37.5 Å². The fourth-order valence-corrected chi connectivity index (χ4v) is 1.39. The number of carbonyl (C=O) groups excluding carboxylic acids is 1. The van der Waals surface area contributed by atoms with Crippen LogP contribution in [0.1, 0.15) is 35.3 Å². The number of phenols is 1. The first kappa shape index (κ1) is 9.78. The zero-order valence-electron chi connectivity index (χ0n) is 8.22. The lowest BCUT2D eigenvalue weighted by Gasteiger charge is -2.07. The number of aromatic hydroxyl groups is 1. The molecule has 0 aromatic heterocycles. The molecule has 2 heteroatoms. The highest BCUT2D eigenvalue weighted by Gasteiger charge is 2.10. The number of hydrogen-bond acceptors (Lipinski definition) is 2. The maximum absolute atomic E-state index is 11.1. The summed E-state index contributed by atoms with van der Waals surface area (Å²) in [5, 5.41) is 9.66. The molecule has 1 aromatic carbocycles. The molecule has 70 valence electrons. The van der Waals surface area contributed by atoms with Gasteiger partial charge < -0.3 is 5.11 Å². The zero-order chi connectivity index (χ0) is 10.0. The van der Waals surface area contributed by atoms with Gasteiger partial charge in [-0.15, -0.1) is 0 Å². The van der Waals surface area contributed by atoms with Crippen molar-refractivity contribution in [1.29, 1.82) is 0 Å². The van der Waals surface area contributed by atoms with Crippen LogP contribution in [-0.2, 0) is 6.42 Å². The predicted molar refractivity (Wildman–Crippen MR) is 52.2 cm³/mol. The van der Waals surface area contributed by atoms with E-state index in [-0.39, 0.29) is 11.5 Å². The third-order valence-corrected chi connectivity index (χ3v) is 2.09. The van der Waals surface area contributed by atoms with Crippen LogP contribution in [-0.4, -0.2) is 10.9 Å². The minimum atomic E-state index is -0.0871. The fraction of sp³-hybridized carbons (Fsp3) is 0.364. The average Bonchev–Trinajstić information content (AvgIpc) is 2.08. The van der Waals surface area contributed by atoms with Crippen LogP contribution in [0.5, 0.6) is 5.75 Å². The van der Waals surface area contributed by atoms with Crippen molar-refractivity contribution in [3.8, 4) is 5.75 Å². The van der Waals surface area contributed by atoms with Gasteiger partial charge in [-0.3, -0.25) is 4.79 Å². The van der Waals surface area contributed by atoms with Gasteiger partial charge in [0.15, 0.2) is 5.78 Å². The van der Waals surface area contributed by atoms with Crippen LogP contribution in [0.4, 0.5) is 0 Å². The van der Waals surface area contributed by atoms with Gasteiger partial charge in [0.05, 0.1) is 5.56 Å². The van der Waals surface area contributed by atoms with Gasteiger partial charge in [-0.2, -0.15) is 0 Å². The van der Waals surface area contributed by atoms with Gasteiger partial charge in [0.25, 0.3) is 0 Å². The topological polar surface area (TPSA) is 37.3 Å². The maximum Gasteiger partial charge on any atom is 0.163 e. The average molecular weight is 178 g/mol. The van der Waals surface area contributed by atoms with Crippen LogP contribution in [0, 0.1) is 6.92 Å². The second-order valence-corrected chi connectivity index (χ2v) is 3.23. The standard InChI is InChI=1S/C11H14O2/c1-4-9-5-7(2)6-10(8(3)12)11(9)13/h5-6,13H,4H2,1-3H3. The molecule has 0 heterocycles. The summed E-state index contributed by atoms with van der Waals surface area (Å²) in [6.45, 7) is 5.34. The molecular weight excluding hydrogens is 164 g/mol. The Morgan fingerprint density at radius 1 is 1.46 bits per heavy atom. The molecule has 0 spiro atoms. The minimum absolute atomic E-state index is 0.0871. The normalized spacial score (nSPS) is 10.1. The summed E-state index contributed by atoms with van der Waals surface area (Å²) in [5.41, 5.74) is 2.28. The number of hydrogen-bond donors (Lipinski definition) is 1. The Hall–Kier alpha value is -1.31. The summed E-state index contributed by atoms with van der Waals surface area (Å²) in [7, 11) is 0. The molecule has 0 aliphatic carbocycles. The maximum atomic E-state index is 11.1. The lowest BCUT2D eigenvalue weighted by Crippen LogP contribution is -1.96. The molecule has 0 aliphatic heterocycles. The van der Waals surface area contributed by atoms with Gasteiger partial charge in [0.2, 0.25) is 0 Å². The fourth-order valence-electron chi connectivity index (χ4n) is 1.39. The number of aryl methyl sites for hydroxylation is 2. The van der Waals surface area contributed by atoms with E-state index in [9.17, 15) is 9.90 Å². The van der Waals surface area contributed by atoms with E-state index < -0.39 is 0 Å². The molecule has 0 aliphatic rings. The Morgan fingerprint density at radius 3 is 2.54 bits per heavy atom. The summed E-state index contributed by atoms with van der Waals surface area (Å²) < 4.78 is 0. The molecule has 0 radical (unpaired) electrons. The zero-order valence-corrected chi connectivity index (χ0v) is 8.22. The molecule has 0 saturated carbocycles. The molecule has 0 unspecified atom stereocenters. The summed E-state index contributed by atoms with van der Waals surface area (Å²) in [5.74, 6) is 0.0523. The molecule has 0 saturated heterocycles. The predicted octanol–water partition coefficient (Wildman–Crippen LogP) is 2.47. The first-order valence-electron chi connectivity index (χ1n) is 4.39.